The van der Waals surface area contributed by atoms with Gasteiger partial charge in [-0.1, -0.05) is 82.9 Å². The molecule has 0 amide bonds. The summed E-state index contributed by atoms with van der Waals surface area (Å²) in [6, 6.07) is 8.69. The molecule has 0 aromatic heterocycles. The van der Waals surface area contributed by atoms with Crippen LogP contribution in [0, 0.1) is 0 Å². The second-order valence-corrected chi connectivity index (χ2v) is 13.8. The van der Waals surface area contributed by atoms with Crippen molar-refractivity contribution in [1.82, 2.24) is 0 Å². The number of rotatable bonds is 8. The van der Waals surface area contributed by atoms with Gasteiger partial charge in [0.2, 0.25) is 0 Å². The predicted octanol–water partition coefficient (Wildman–Crippen LogP) is 8.74. The van der Waals surface area contributed by atoms with Crippen LogP contribution < -0.4 is 4.74 Å². The van der Waals surface area contributed by atoms with Gasteiger partial charge in [0.15, 0.2) is 0 Å². The standard InChI is InChI=1S/C30H45O2P/c1-23(2)31-28-20-12-11-19-27(28)30(32-24(3)4)22-14-13-21-29(30)33(25-15-7-5-8-16-25)26-17-9-6-10-18-26/h11-14,19-26,29H,5-10,15-18H2,1-4H3. The van der Waals surface area contributed by atoms with Gasteiger partial charge in [-0.15, -0.1) is 0 Å². The van der Waals surface area contributed by atoms with Gasteiger partial charge in [-0.05, 0) is 76.8 Å². The van der Waals surface area contributed by atoms with Crippen LogP contribution in [-0.4, -0.2) is 29.2 Å². The van der Waals surface area contributed by atoms with E-state index in [4.69, 9.17) is 9.47 Å². The van der Waals surface area contributed by atoms with Gasteiger partial charge in [0.1, 0.15) is 11.4 Å². The van der Waals surface area contributed by atoms with Gasteiger partial charge >= 0.3 is 0 Å². The van der Waals surface area contributed by atoms with Gasteiger partial charge in [0, 0.05) is 11.2 Å². The fourth-order valence-electron chi connectivity index (χ4n) is 6.40. The molecule has 0 spiro atoms. The highest BCUT2D eigenvalue weighted by Gasteiger charge is 2.49. The topological polar surface area (TPSA) is 18.5 Å². The number of allylic oxidation sites excluding steroid dienone is 2. The Labute approximate surface area is 204 Å². The second-order valence-electron chi connectivity index (χ2n) is 10.8. The molecule has 2 saturated carbocycles. The molecule has 0 radical (unpaired) electrons. The summed E-state index contributed by atoms with van der Waals surface area (Å²) in [7, 11) is -0.209. The lowest BCUT2D eigenvalue weighted by molar-refractivity contribution is -0.0498. The first-order chi connectivity index (χ1) is 16.0. The molecule has 2 fully saturated rings. The Kier molecular flexibility index (Phi) is 8.75. The predicted molar refractivity (Wildman–Crippen MR) is 143 cm³/mol. The minimum Gasteiger partial charge on any atom is -0.491 e. The fourth-order valence-corrected chi connectivity index (χ4v) is 10.9. The summed E-state index contributed by atoms with van der Waals surface area (Å²) in [5.74, 6) is 0.986. The molecule has 3 aliphatic carbocycles. The van der Waals surface area contributed by atoms with Gasteiger partial charge in [0.25, 0.3) is 0 Å². The molecule has 0 N–H and O–H groups in total. The van der Waals surface area contributed by atoms with Crippen LogP contribution in [0.5, 0.6) is 5.75 Å². The molecule has 182 valence electrons. The highest BCUT2D eigenvalue weighted by atomic mass is 31.1. The molecule has 0 heterocycles. The van der Waals surface area contributed by atoms with Crippen molar-refractivity contribution in [3.8, 4) is 5.75 Å². The monoisotopic (exact) mass is 468 g/mol. The van der Waals surface area contributed by atoms with Crippen molar-refractivity contribution < 1.29 is 9.47 Å². The number of benzene rings is 1. The zero-order valence-corrected chi connectivity index (χ0v) is 22.2. The van der Waals surface area contributed by atoms with Crippen molar-refractivity contribution in [3.63, 3.8) is 0 Å². The summed E-state index contributed by atoms with van der Waals surface area (Å²) >= 11 is 0. The third-order valence-electron chi connectivity index (χ3n) is 7.60. The smallest absolute Gasteiger partial charge is 0.126 e. The summed E-state index contributed by atoms with van der Waals surface area (Å²) in [6.45, 7) is 8.64. The molecule has 0 bridgehead atoms. The number of hydrogen-bond donors (Lipinski definition) is 0. The quantitative estimate of drug-likeness (QED) is 0.355. The Morgan fingerprint density at radius 2 is 1.39 bits per heavy atom. The van der Waals surface area contributed by atoms with Crippen molar-refractivity contribution in [2.45, 2.75) is 127 Å². The normalized spacial score (nSPS) is 27.1. The maximum atomic E-state index is 7.06. The van der Waals surface area contributed by atoms with E-state index in [0.29, 0.717) is 5.66 Å². The molecule has 4 rings (SSSR count). The SMILES string of the molecule is CC(C)Oc1ccccc1C1(OC(C)C)C=CC=CC1P(C1CCCCC1)C1CCCCC1. The Hall–Kier alpha value is -1.11. The van der Waals surface area contributed by atoms with E-state index in [0.717, 1.165) is 17.1 Å². The van der Waals surface area contributed by atoms with Crippen molar-refractivity contribution in [3.05, 3.63) is 54.1 Å². The van der Waals surface area contributed by atoms with Gasteiger partial charge in [-0.3, -0.25) is 0 Å². The fraction of sp³-hybridized carbons (Fsp3) is 0.667. The molecule has 1 aromatic rings. The Bertz CT molecular complexity index is 783. The first-order valence-corrected chi connectivity index (χ1v) is 15.1. The second kappa shape index (κ2) is 11.5. The molecular formula is C30H45O2P. The van der Waals surface area contributed by atoms with E-state index in [-0.39, 0.29) is 20.1 Å². The van der Waals surface area contributed by atoms with E-state index in [2.05, 4.69) is 76.3 Å². The van der Waals surface area contributed by atoms with Gasteiger partial charge < -0.3 is 9.47 Å². The lowest BCUT2D eigenvalue weighted by atomic mass is 9.85. The van der Waals surface area contributed by atoms with E-state index in [1.54, 1.807) is 0 Å². The summed E-state index contributed by atoms with van der Waals surface area (Å²) in [5, 5.41) is 0. The minimum atomic E-state index is -0.449. The summed E-state index contributed by atoms with van der Waals surface area (Å²) in [4.78, 5) is 0. The highest BCUT2D eigenvalue weighted by molar-refractivity contribution is 7.60. The van der Waals surface area contributed by atoms with Crippen LogP contribution >= 0.6 is 7.92 Å². The highest BCUT2D eigenvalue weighted by Crippen LogP contribution is 2.65. The average molecular weight is 469 g/mol. The van der Waals surface area contributed by atoms with Gasteiger partial charge in [-0.25, -0.2) is 0 Å². The third kappa shape index (κ3) is 5.76. The molecule has 3 heteroatoms. The van der Waals surface area contributed by atoms with Crippen molar-refractivity contribution in [2.24, 2.45) is 0 Å². The molecule has 2 unspecified atom stereocenters. The third-order valence-corrected chi connectivity index (χ3v) is 11.5. The molecule has 2 nitrogen and oxygen atoms in total. The Morgan fingerprint density at radius 1 is 0.788 bits per heavy atom. The maximum absolute atomic E-state index is 7.06. The van der Waals surface area contributed by atoms with Crippen LogP contribution in [-0.2, 0) is 10.3 Å². The molecule has 33 heavy (non-hydrogen) atoms. The first kappa shape index (κ1) is 25.0. The molecule has 0 aliphatic heterocycles. The van der Waals surface area contributed by atoms with Crippen LogP contribution in [0.1, 0.15) is 97.5 Å². The minimum absolute atomic E-state index is 0.141. The van der Waals surface area contributed by atoms with Crippen LogP contribution in [0.25, 0.3) is 0 Å². The van der Waals surface area contributed by atoms with E-state index in [1.165, 1.54) is 69.8 Å². The summed E-state index contributed by atoms with van der Waals surface area (Å²) in [5.41, 5.74) is 2.91. The van der Waals surface area contributed by atoms with Crippen LogP contribution in [0.15, 0.2) is 48.6 Å². The Balaban J connectivity index is 1.82. The summed E-state index contributed by atoms with van der Waals surface area (Å²) in [6.07, 6.45) is 23.9. The number of hydrogen-bond acceptors (Lipinski definition) is 2. The lowest BCUT2D eigenvalue weighted by Crippen LogP contribution is -2.45. The maximum Gasteiger partial charge on any atom is 0.126 e. The van der Waals surface area contributed by atoms with Crippen LogP contribution in [0.3, 0.4) is 0 Å². The van der Waals surface area contributed by atoms with Crippen molar-refractivity contribution in [1.29, 1.82) is 0 Å². The van der Waals surface area contributed by atoms with E-state index >= 15 is 0 Å². The average Bonchev–Trinajstić information content (AvgIpc) is 2.81. The van der Waals surface area contributed by atoms with Crippen molar-refractivity contribution in [2.75, 3.05) is 0 Å². The van der Waals surface area contributed by atoms with E-state index in [1.807, 2.05) is 0 Å². The molecular weight excluding hydrogens is 423 g/mol. The molecule has 3 aliphatic rings. The summed E-state index contributed by atoms with van der Waals surface area (Å²) < 4.78 is 13.5. The number of ether oxygens (including phenoxy) is 2. The van der Waals surface area contributed by atoms with Gasteiger partial charge in [-0.2, -0.15) is 0 Å². The van der Waals surface area contributed by atoms with E-state index < -0.39 is 5.60 Å². The largest absolute Gasteiger partial charge is 0.491 e. The molecule has 2 atom stereocenters. The first-order valence-electron chi connectivity index (χ1n) is 13.6. The number of para-hydroxylation sites is 1. The zero-order valence-electron chi connectivity index (χ0n) is 21.3. The van der Waals surface area contributed by atoms with E-state index in [9.17, 15) is 0 Å². The Morgan fingerprint density at radius 3 is 1.97 bits per heavy atom. The molecule has 0 saturated heterocycles. The zero-order chi connectivity index (χ0) is 23.3. The van der Waals surface area contributed by atoms with Crippen LogP contribution in [0.2, 0.25) is 0 Å². The van der Waals surface area contributed by atoms with Crippen molar-refractivity contribution >= 4 is 7.92 Å². The van der Waals surface area contributed by atoms with Gasteiger partial charge in [0.05, 0.1) is 12.2 Å². The molecule has 1 aromatic carbocycles. The van der Waals surface area contributed by atoms with Crippen LogP contribution in [0.4, 0.5) is 0 Å². The lowest BCUT2D eigenvalue weighted by Gasteiger charge is -2.50.